The van der Waals surface area contributed by atoms with Gasteiger partial charge >= 0.3 is 5.97 Å². The number of ketones is 1. The molecule has 1 rings (SSSR count). The third-order valence-electron chi connectivity index (χ3n) is 2.54. The van der Waals surface area contributed by atoms with Crippen molar-refractivity contribution < 1.29 is 19.1 Å². The molecule has 0 aliphatic heterocycles. The normalized spacial score (nSPS) is 9.67. The second kappa shape index (κ2) is 6.59. The van der Waals surface area contributed by atoms with Gasteiger partial charge in [-0.05, 0) is 30.7 Å². The SMILES string of the molecule is C=C(CCC(=O)c1ccc(OC)cc1)C(=O)OC. The van der Waals surface area contributed by atoms with Crippen LogP contribution in [0.2, 0.25) is 0 Å². The Kier molecular flexibility index (Phi) is 5.11. The number of carbonyl (C=O) groups excluding carboxylic acids is 2. The third kappa shape index (κ3) is 3.73. The number of benzene rings is 1. The fourth-order valence-electron chi connectivity index (χ4n) is 1.43. The zero-order chi connectivity index (χ0) is 13.5. The fraction of sp³-hybridized carbons (Fsp3) is 0.286. The molecule has 4 nitrogen and oxygen atoms in total. The largest absolute Gasteiger partial charge is 0.497 e. The van der Waals surface area contributed by atoms with Crippen LogP contribution in [0.3, 0.4) is 0 Å². The van der Waals surface area contributed by atoms with Crippen LogP contribution in [0, 0.1) is 0 Å². The lowest BCUT2D eigenvalue weighted by Crippen LogP contribution is -2.06. The van der Waals surface area contributed by atoms with Gasteiger partial charge in [0.05, 0.1) is 14.2 Å². The van der Waals surface area contributed by atoms with E-state index in [1.807, 2.05) is 0 Å². The zero-order valence-corrected chi connectivity index (χ0v) is 10.6. The lowest BCUT2D eigenvalue weighted by Gasteiger charge is -2.04. The van der Waals surface area contributed by atoms with Crippen molar-refractivity contribution in [2.45, 2.75) is 12.8 Å². The van der Waals surface area contributed by atoms with Crippen LogP contribution >= 0.6 is 0 Å². The van der Waals surface area contributed by atoms with Gasteiger partial charge in [0.2, 0.25) is 0 Å². The summed E-state index contributed by atoms with van der Waals surface area (Å²) in [6.45, 7) is 3.57. The van der Waals surface area contributed by atoms with Gasteiger partial charge in [-0.15, -0.1) is 0 Å². The molecule has 96 valence electrons. The molecule has 0 bridgehead atoms. The highest BCUT2D eigenvalue weighted by atomic mass is 16.5. The Bertz CT molecular complexity index is 445. The van der Waals surface area contributed by atoms with E-state index >= 15 is 0 Å². The van der Waals surface area contributed by atoms with Gasteiger partial charge in [0, 0.05) is 17.6 Å². The van der Waals surface area contributed by atoms with Crippen molar-refractivity contribution in [2.24, 2.45) is 0 Å². The van der Waals surface area contributed by atoms with Crippen molar-refractivity contribution >= 4 is 11.8 Å². The van der Waals surface area contributed by atoms with E-state index in [1.54, 1.807) is 31.4 Å². The van der Waals surface area contributed by atoms with Crippen molar-refractivity contribution in [3.63, 3.8) is 0 Å². The number of methoxy groups -OCH3 is 2. The summed E-state index contributed by atoms with van der Waals surface area (Å²) >= 11 is 0. The topological polar surface area (TPSA) is 52.6 Å². The van der Waals surface area contributed by atoms with Gasteiger partial charge in [-0.3, -0.25) is 4.79 Å². The van der Waals surface area contributed by atoms with Crippen LogP contribution in [-0.2, 0) is 9.53 Å². The first-order chi connectivity index (χ1) is 8.58. The van der Waals surface area contributed by atoms with Gasteiger partial charge in [0.25, 0.3) is 0 Å². The predicted molar refractivity (Wildman–Crippen MR) is 67.7 cm³/mol. The van der Waals surface area contributed by atoms with E-state index in [0.717, 1.165) is 0 Å². The first-order valence-electron chi connectivity index (χ1n) is 5.52. The molecule has 0 spiro atoms. The number of rotatable bonds is 6. The minimum absolute atomic E-state index is 0.0392. The second-order valence-electron chi connectivity index (χ2n) is 3.75. The van der Waals surface area contributed by atoms with Crippen LogP contribution in [0.15, 0.2) is 36.4 Å². The van der Waals surface area contributed by atoms with Gasteiger partial charge in [-0.2, -0.15) is 0 Å². The summed E-state index contributed by atoms with van der Waals surface area (Å²) in [6.07, 6.45) is 0.539. The monoisotopic (exact) mass is 248 g/mol. The third-order valence-corrected chi connectivity index (χ3v) is 2.54. The molecule has 0 amide bonds. The van der Waals surface area contributed by atoms with Crippen molar-refractivity contribution in [2.75, 3.05) is 14.2 Å². The lowest BCUT2D eigenvalue weighted by molar-refractivity contribution is -0.136. The number of Topliss-reactive ketones (excluding diaryl/α,β-unsaturated/α-hetero) is 1. The zero-order valence-electron chi connectivity index (χ0n) is 10.6. The fourth-order valence-corrected chi connectivity index (χ4v) is 1.43. The quantitative estimate of drug-likeness (QED) is 0.440. The summed E-state index contributed by atoms with van der Waals surface area (Å²) in [5.41, 5.74) is 0.896. The molecule has 4 heteroatoms. The maximum Gasteiger partial charge on any atom is 0.333 e. The van der Waals surface area contributed by atoms with Gasteiger partial charge in [-0.25, -0.2) is 4.79 Å². The summed E-state index contributed by atoms with van der Waals surface area (Å²) in [7, 11) is 2.86. The Labute approximate surface area is 106 Å². The predicted octanol–water partition coefficient (Wildman–Crippen LogP) is 2.39. The highest BCUT2D eigenvalue weighted by molar-refractivity contribution is 5.97. The average molecular weight is 248 g/mol. The average Bonchev–Trinajstić information content (AvgIpc) is 2.43. The maximum absolute atomic E-state index is 11.8. The number of hydrogen-bond donors (Lipinski definition) is 0. The molecule has 0 aromatic heterocycles. The van der Waals surface area contributed by atoms with Crippen LogP contribution < -0.4 is 4.74 Å². The molecule has 1 aromatic carbocycles. The molecule has 0 heterocycles. The molecule has 0 saturated carbocycles. The van der Waals surface area contributed by atoms with Gasteiger partial charge < -0.3 is 9.47 Å². The Morgan fingerprint density at radius 3 is 2.22 bits per heavy atom. The Morgan fingerprint density at radius 2 is 1.72 bits per heavy atom. The van der Waals surface area contributed by atoms with E-state index in [9.17, 15) is 9.59 Å². The molecule has 0 aliphatic carbocycles. The van der Waals surface area contributed by atoms with E-state index in [-0.39, 0.29) is 12.2 Å². The van der Waals surface area contributed by atoms with E-state index in [4.69, 9.17) is 4.74 Å². The molecule has 1 aromatic rings. The second-order valence-corrected chi connectivity index (χ2v) is 3.75. The summed E-state index contributed by atoms with van der Waals surface area (Å²) in [5.74, 6) is 0.186. The molecule has 0 atom stereocenters. The Hall–Kier alpha value is -2.10. The highest BCUT2D eigenvalue weighted by Gasteiger charge is 2.11. The van der Waals surface area contributed by atoms with Gasteiger partial charge in [-0.1, -0.05) is 6.58 Å². The van der Waals surface area contributed by atoms with Gasteiger partial charge in [0.15, 0.2) is 5.78 Å². The van der Waals surface area contributed by atoms with Crippen LogP contribution in [-0.4, -0.2) is 26.0 Å². The van der Waals surface area contributed by atoms with Crippen molar-refractivity contribution in [1.82, 2.24) is 0 Å². The number of carbonyl (C=O) groups is 2. The maximum atomic E-state index is 11.8. The van der Waals surface area contributed by atoms with E-state index in [2.05, 4.69) is 11.3 Å². The van der Waals surface area contributed by atoms with Crippen molar-refractivity contribution in [1.29, 1.82) is 0 Å². The first-order valence-corrected chi connectivity index (χ1v) is 5.52. The van der Waals surface area contributed by atoms with E-state index < -0.39 is 5.97 Å². The summed E-state index contributed by atoms with van der Waals surface area (Å²) in [5, 5.41) is 0. The molecule has 0 N–H and O–H groups in total. The molecule has 0 saturated heterocycles. The van der Waals surface area contributed by atoms with E-state index in [0.29, 0.717) is 23.3 Å². The standard InChI is InChI=1S/C14H16O4/c1-10(14(16)18-3)4-9-13(15)11-5-7-12(17-2)8-6-11/h5-8H,1,4,9H2,2-3H3. The molecule has 0 unspecified atom stereocenters. The van der Waals surface area contributed by atoms with Crippen LogP contribution in [0.5, 0.6) is 5.75 Å². The number of hydrogen-bond acceptors (Lipinski definition) is 4. The smallest absolute Gasteiger partial charge is 0.333 e. The highest BCUT2D eigenvalue weighted by Crippen LogP contribution is 2.14. The Balaban J connectivity index is 2.55. The number of ether oxygens (including phenoxy) is 2. The van der Waals surface area contributed by atoms with Crippen molar-refractivity contribution in [3.05, 3.63) is 42.0 Å². The van der Waals surface area contributed by atoms with Crippen molar-refractivity contribution in [3.8, 4) is 5.75 Å². The summed E-state index contributed by atoms with van der Waals surface area (Å²) in [6, 6.07) is 6.84. The van der Waals surface area contributed by atoms with E-state index in [1.165, 1.54) is 7.11 Å². The summed E-state index contributed by atoms with van der Waals surface area (Å²) < 4.78 is 9.52. The van der Waals surface area contributed by atoms with Crippen LogP contribution in [0.4, 0.5) is 0 Å². The lowest BCUT2D eigenvalue weighted by atomic mass is 10.0. The summed E-state index contributed by atoms with van der Waals surface area (Å²) in [4.78, 5) is 22.9. The minimum Gasteiger partial charge on any atom is -0.497 e. The molecular formula is C14H16O4. The molecule has 0 fully saturated rings. The molecular weight excluding hydrogens is 232 g/mol. The number of esters is 1. The molecule has 0 radical (unpaired) electrons. The van der Waals surface area contributed by atoms with Crippen LogP contribution in [0.1, 0.15) is 23.2 Å². The molecule has 0 aliphatic rings. The van der Waals surface area contributed by atoms with Crippen LogP contribution in [0.25, 0.3) is 0 Å². The van der Waals surface area contributed by atoms with Gasteiger partial charge in [0.1, 0.15) is 5.75 Å². The Morgan fingerprint density at radius 1 is 1.11 bits per heavy atom. The molecule has 18 heavy (non-hydrogen) atoms. The first kappa shape index (κ1) is 14.0. The minimum atomic E-state index is -0.475.